The summed E-state index contributed by atoms with van der Waals surface area (Å²) in [4.78, 5) is 26.8. The summed E-state index contributed by atoms with van der Waals surface area (Å²) in [7, 11) is 3.15. The maximum absolute atomic E-state index is 15.1. The standard InChI is InChI=1S/C29H32FNO5/c1-5-6-13-36-29(33)26-17(2)31-22-14-19(18-11-12-24(34-3)25(16-18)35-4)15-23(32)28(22)27(26)20-9-7-8-10-21(20)30/h7-12,16,19,27,31H,5-6,13-15H2,1-4H3. The van der Waals surface area contributed by atoms with E-state index in [4.69, 9.17) is 14.2 Å². The maximum Gasteiger partial charge on any atom is 0.336 e. The third-order valence-electron chi connectivity index (χ3n) is 6.87. The average molecular weight is 494 g/mol. The highest BCUT2D eigenvalue weighted by Gasteiger charge is 2.42. The first-order valence-electron chi connectivity index (χ1n) is 12.3. The fourth-order valence-electron chi connectivity index (χ4n) is 5.06. The van der Waals surface area contributed by atoms with Gasteiger partial charge in [0.15, 0.2) is 17.3 Å². The van der Waals surface area contributed by atoms with E-state index in [0.29, 0.717) is 40.5 Å². The number of esters is 1. The van der Waals surface area contributed by atoms with E-state index in [1.54, 1.807) is 39.3 Å². The number of ketones is 1. The number of allylic oxidation sites excluding steroid dienone is 3. The van der Waals surface area contributed by atoms with Gasteiger partial charge < -0.3 is 19.5 Å². The molecule has 0 saturated carbocycles. The van der Waals surface area contributed by atoms with Gasteiger partial charge in [-0.15, -0.1) is 0 Å². The Hall–Kier alpha value is -3.61. The van der Waals surface area contributed by atoms with Crippen molar-refractivity contribution in [1.29, 1.82) is 0 Å². The normalized spacial score (nSPS) is 19.5. The number of carbonyl (C=O) groups excluding carboxylic acids is 2. The van der Waals surface area contributed by atoms with Crippen molar-refractivity contribution >= 4 is 11.8 Å². The summed E-state index contributed by atoms with van der Waals surface area (Å²) in [6, 6.07) is 12.0. The summed E-state index contributed by atoms with van der Waals surface area (Å²) in [6.45, 7) is 4.06. The average Bonchev–Trinajstić information content (AvgIpc) is 2.87. The predicted octanol–water partition coefficient (Wildman–Crippen LogP) is 5.55. The van der Waals surface area contributed by atoms with Crippen molar-refractivity contribution < 1.29 is 28.2 Å². The molecule has 2 aliphatic rings. The van der Waals surface area contributed by atoms with Crippen molar-refractivity contribution in [2.45, 2.75) is 51.4 Å². The number of dihydropyridines is 1. The number of methoxy groups -OCH3 is 2. The van der Waals surface area contributed by atoms with Crippen LogP contribution in [0.2, 0.25) is 0 Å². The molecule has 1 aliphatic heterocycles. The van der Waals surface area contributed by atoms with E-state index in [9.17, 15) is 9.59 Å². The number of Topliss-reactive ketones (excluding diaryl/α,β-unsaturated/α-hetero) is 1. The van der Waals surface area contributed by atoms with Crippen LogP contribution in [0.3, 0.4) is 0 Å². The fraction of sp³-hybridized carbons (Fsp3) is 0.379. The first-order chi connectivity index (χ1) is 17.4. The van der Waals surface area contributed by atoms with E-state index in [1.807, 2.05) is 25.1 Å². The van der Waals surface area contributed by atoms with Crippen LogP contribution in [0.15, 0.2) is 65.0 Å². The number of hydrogen-bond acceptors (Lipinski definition) is 6. The van der Waals surface area contributed by atoms with E-state index in [1.165, 1.54) is 6.07 Å². The third-order valence-corrected chi connectivity index (χ3v) is 6.87. The van der Waals surface area contributed by atoms with E-state index in [2.05, 4.69) is 5.32 Å². The number of nitrogens with one attached hydrogen (secondary N) is 1. The molecule has 2 aromatic carbocycles. The van der Waals surface area contributed by atoms with E-state index >= 15 is 4.39 Å². The number of benzene rings is 2. The second kappa shape index (κ2) is 11.0. The molecule has 0 saturated heterocycles. The summed E-state index contributed by atoms with van der Waals surface area (Å²) >= 11 is 0. The zero-order valence-corrected chi connectivity index (χ0v) is 21.2. The molecule has 0 fully saturated rings. The molecule has 4 rings (SSSR count). The minimum absolute atomic E-state index is 0.101. The number of ether oxygens (including phenoxy) is 3. The fourth-order valence-corrected chi connectivity index (χ4v) is 5.06. The molecule has 0 aromatic heterocycles. The summed E-state index contributed by atoms with van der Waals surface area (Å²) in [5.74, 6) is -0.824. The summed E-state index contributed by atoms with van der Waals surface area (Å²) in [5, 5.41) is 3.30. The quantitative estimate of drug-likeness (QED) is 0.384. The van der Waals surface area contributed by atoms with Crippen molar-refractivity contribution in [1.82, 2.24) is 5.32 Å². The van der Waals surface area contributed by atoms with E-state index in [0.717, 1.165) is 18.4 Å². The molecular formula is C29H32FNO5. The Kier molecular flexibility index (Phi) is 7.77. The molecule has 0 radical (unpaired) electrons. The Morgan fingerprint density at radius 1 is 1.08 bits per heavy atom. The van der Waals surface area contributed by atoms with Crippen molar-refractivity contribution in [2.75, 3.05) is 20.8 Å². The second-order valence-corrected chi connectivity index (χ2v) is 9.14. The molecule has 36 heavy (non-hydrogen) atoms. The lowest BCUT2D eigenvalue weighted by molar-refractivity contribution is -0.139. The molecule has 1 N–H and O–H groups in total. The van der Waals surface area contributed by atoms with Gasteiger partial charge in [-0.05, 0) is 49.4 Å². The molecule has 1 aliphatic carbocycles. The summed E-state index contributed by atoms with van der Waals surface area (Å²) in [6.07, 6.45) is 2.39. The van der Waals surface area contributed by atoms with Crippen LogP contribution in [0.4, 0.5) is 4.39 Å². The summed E-state index contributed by atoms with van der Waals surface area (Å²) < 4.78 is 31.4. The first kappa shape index (κ1) is 25.5. The van der Waals surface area contributed by atoms with Crippen LogP contribution in [-0.2, 0) is 14.3 Å². The first-order valence-corrected chi connectivity index (χ1v) is 12.3. The van der Waals surface area contributed by atoms with Gasteiger partial charge in [0.2, 0.25) is 0 Å². The number of unbranched alkanes of at least 4 members (excludes halogenated alkanes) is 1. The van der Waals surface area contributed by atoms with Crippen LogP contribution in [0.25, 0.3) is 0 Å². The highest BCUT2D eigenvalue weighted by Crippen LogP contribution is 2.47. The maximum atomic E-state index is 15.1. The minimum Gasteiger partial charge on any atom is -0.493 e. The number of rotatable bonds is 8. The van der Waals surface area contributed by atoms with Gasteiger partial charge in [-0.3, -0.25) is 4.79 Å². The van der Waals surface area contributed by atoms with Gasteiger partial charge in [-0.1, -0.05) is 37.6 Å². The SMILES string of the molecule is CCCCOC(=O)C1=C(C)NC2=C(C(=O)CC(c3ccc(OC)c(OC)c3)C2)C1c1ccccc1F. The molecule has 0 bridgehead atoms. The van der Waals surface area contributed by atoms with Crippen LogP contribution in [-0.4, -0.2) is 32.6 Å². The van der Waals surface area contributed by atoms with Crippen LogP contribution in [0.1, 0.15) is 62.5 Å². The summed E-state index contributed by atoms with van der Waals surface area (Å²) in [5.41, 5.74) is 3.25. The van der Waals surface area contributed by atoms with Crippen LogP contribution in [0, 0.1) is 5.82 Å². The zero-order chi connectivity index (χ0) is 25.8. The van der Waals surface area contributed by atoms with E-state index in [-0.39, 0.29) is 30.3 Å². The van der Waals surface area contributed by atoms with Crippen molar-refractivity contribution in [3.8, 4) is 11.5 Å². The van der Waals surface area contributed by atoms with Crippen LogP contribution < -0.4 is 14.8 Å². The lowest BCUT2D eigenvalue weighted by Gasteiger charge is -2.36. The number of hydrogen-bond donors (Lipinski definition) is 1. The third kappa shape index (κ3) is 4.87. The lowest BCUT2D eigenvalue weighted by atomic mass is 9.71. The smallest absolute Gasteiger partial charge is 0.336 e. The van der Waals surface area contributed by atoms with Gasteiger partial charge in [0, 0.05) is 29.0 Å². The minimum atomic E-state index is -0.824. The lowest BCUT2D eigenvalue weighted by Crippen LogP contribution is -2.36. The Balaban J connectivity index is 1.75. The van der Waals surface area contributed by atoms with Crippen molar-refractivity contribution in [3.05, 3.63) is 81.9 Å². The van der Waals surface area contributed by atoms with Crippen molar-refractivity contribution in [3.63, 3.8) is 0 Å². The Morgan fingerprint density at radius 2 is 1.83 bits per heavy atom. The largest absolute Gasteiger partial charge is 0.493 e. The molecule has 6 nitrogen and oxygen atoms in total. The molecule has 1 heterocycles. The monoisotopic (exact) mass is 493 g/mol. The number of halogens is 1. The second-order valence-electron chi connectivity index (χ2n) is 9.14. The van der Waals surface area contributed by atoms with Gasteiger partial charge in [-0.2, -0.15) is 0 Å². The van der Waals surface area contributed by atoms with E-state index < -0.39 is 17.7 Å². The molecule has 0 spiro atoms. The topological polar surface area (TPSA) is 73.9 Å². The molecule has 2 aromatic rings. The molecule has 2 unspecified atom stereocenters. The zero-order valence-electron chi connectivity index (χ0n) is 21.2. The van der Waals surface area contributed by atoms with Gasteiger partial charge in [-0.25, -0.2) is 9.18 Å². The molecule has 7 heteroatoms. The Morgan fingerprint density at radius 3 is 2.53 bits per heavy atom. The molecule has 190 valence electrons. The van der Waals surface area contributed by atoms with Gasteiger partial charge in [0.05, 0.1) is 32.3 Å². The highest BCUT2D eigenvalue weighted by atomic mass is 19.1. The van der Waals surface area contributed by atoms with Gasteiger partial charge >= 0.3 is 5.97 Å². The Bertz CT molecular complexity index is 1230. The van der Waals surface area contributed by atoms with Gasteiger partial charge in [0.25, 0.3) is 0 Å². The molecular weight excluding hydrogens is 461 g/mol. The molecule has 0 amide bonds. The van der Waals surface area contributed by atoms with Crippen molar-refractivity contribution in [2.24, 2.45) is 0 Å². The Labute approximate surface area is 211 Å². The van der Waals surface area contributed by atoms with Crippen LogP contribution in [0.5, 0.6) is 11.5 Å². The van der Waals surface area contributed by atoms with Gasteiger partial charge in [0.1, 0.15) is 5.82 Å². The number of carbonyl (C=O) groups is 2. The molecule has 2 atom stereocenters. The van der Waals surface area contributed by atoms with Crippen LogP contribution >= 0.6 is 0 Å². The predicted molar refractivity (Wildman–Crippen MR) is 134 cm³/mol. The highest BCUT2D eigenvalue weighted by molar-refractivity contribution is 6.04.